The maximum Gasteiger partial charge on any atom is 0.243 e. The van der Waals surface area contributed by atoms with Gasteiger partial charge in [-0.2, -0.15) is 0 Å². The SMILES string of the molecule is C=C1OCC(C(C)=O)=C(/C=C(\C)c2nc3cc(F)c(C)c4c3c(c2CC(C)CC)C(NC(=O)CNC(=O)C(Cc2ccccc2)NC(=O)CNC(=O)CNC(=O)CCCCCC)CC4)C1(O)CC. The predicted octanol–water partition coefficient (Wildman–Crippen LogP) is 6.39. The number of hydrogen-bond donors (Lipinski definition) is 6. The van der Waals surface area contributed by atoms with Crippen molar-refractivity contribution in [2.24, 2.45) is 5.92 Å². The van der Waals surface area contributed by atoms with Crippen LogP contribution in [-0.4, -0.2) is 83.3 Å². The first-order valence-electron chi connectivity index (χ1n) is 24.0. The Balaban J connectivity index is 1.40. The van der Waals surface area contributed by atoms with Crippen molar-refractivity contribution in [2.45, 2.75) is 137 Å². The number of allylic oxidation sites excluding steroid dienone is 1. The molecule has 1 aliphatic heterocycles. The van der Waals surface area contributed by atoms with Gasteiger partial charge in [-0.05, 0) is 92.2 Å². The summed E-state index contributed by atoms with van der Waals surface area (Å²) in [5.41, 5.74) is 4.30. The molecule has 1 aromatic heterocycles. The van der Waals surface area contributed by atoms with E-state index in [1.54, 1.807) is 44.2 Å². The molecule has 4 unspecified atom stereocenters. The minimum atomic E-state index is -1.65. The third-order valence-corrected chi connectivity index (χ3v) is 13.2. The number of halogens is 1. The van der Waals surface area contributed by atoms with Gasteiger partial charge in [-0.15, -0.1) is 0 Å². The number of carbonyl (C=O) groups excluding carboxylic acids is 6. The van der Waals surface area contributed by atoms with Crippen molar-refractivity contribution in [1.82, 2.24) is 31.6 Å². The van der Waals surface area contributed by atoms with E-state index in [-0.39, 0.29) is 49.4 Å². The van der Waals surface area contributed by atoms with Gasteiger partial charge in [0.25, 0.3) is 0 Å². The number of nitrogens with zero attached hydrogens (tertiary/aromatic N) is 1. The second kappa shape index (κ2) is 24.2. The Morgan fingerprint density at radius 1 is 0.941 bits per heavy atom. The van der Waals surface area contributed by atoms with Gasteiger partial charge in [0.15, 0.2) is 5.78 Å². The van der Waals surface area contributed by atoms with Crippen LogP contribution in [0, 0.1) is 18.7 Å². The number of ketones is 1. The second-order valence-corrected chi connectivity index (χ2v) is 18.2. The fourth-order valence-corrected chi connectivity index (χ4v) is 8.93. The molecule has 1 aliphatic carbocycles. The average Bonchev–Trinajstić information content (AvgIpc) is 3.32. The summed E-state index contributed by atoms with van der Waals surface area (Å²) in [6.07, 6.45) is 8.34. The smallest absolute Gasteiger partial charge is 0.243 e. The van der Waals surface area contributed by atoms with Gasteiger partial charge >= 0.3 is 0 Å². The summed E-state index contributed by atoms with van der Waals surface area (Å²) in [5, 5.41) is 26.2. The van der Waals surface area contributed by atoms with Crippen LogP contribution >= 0.6 is 0 Å². The van der Waals surface area contributed by atoms with Gasteiger partial charge in [-0.25, -0.2) is 9.37 Å². The quantitative estimate of drug-likeness (QED) is 0.0582. The van der Waals surface area contributed by atoms with Crippen LogP contribution in [0.15, 0.2) is 66.0 Å². The van der Waals surface area contributed by atoms with E-state index in [9.17, 15) is 33.9 Å². The van der Waals surface area contributed by atoms with Crippen molar-refractivity contribution in [3.8, 4) is 0 Å². The number of nitrogens with one attached hydrogen (secondary N) is 5. The highest BCUT2D eigenvalue weighted by Crippen LogP contribution is 2.44. The molecule has 2 heterocycles. The lowest BCUT2D eigenvalue weighted by Crippen LogP contribution is -2.52. The van der Waals surface area contributed by atoms with E-state index in [4.69, 9.17) is 9.72 Å². The number of carbonyl (C=O) groups is 6. The van der Waals surface area contributed by atoms with Crippen LogP contribution in [0.3, 0.4) is 0 Å². The van der Waals surface area contributed by atoms with Gasteiger partial charge in [-0.3, -0.25) is 28.8 Å². The zero-order valence-corrected chi connectivity index (χ0v) is 40.7. The number of aliphatic hydroxyl groups is 1. The molecule has 5 rings (SSSR count). The maximum absolute atomic E-state index is 15.7. The van der Waals surface area contributed by atoms with Gasteiger partial charge in [0, 0.05) is 35.4 Å². The molecule has 68 heavy (non-hydrogen) atoms. The fraction of sp³-hybridized carbons (Fsp3) is 0.491. The number of rotatable bonds is 23. The molecule has 0 saturated heterocycles. The van der Waals surface area contributed by atoms with E-state index >= 15 is 4.39 Å². The molecule has 15 heteroatoms. The monoisotopic (exact) mass is 937 g/mol. The van der Waals surface area contributed by atoms with Crippen LogP contribution in [0.25, 0.3) is 16.5 Å². The standard InChI is InChI=1S/C53H69FN6O8/c1-9-12-13-17-20-45(62)55-27-46(63)56-28-47(64)59-44(25-36-18-15-14-16-19-36)52(66)57-29-48(65)58-42-22-21-37-33(6)41(54)26-43-49(37)50(42)38(23-31(4)10-2)51(60-43)32(5)24-40-39(34(7)61)30-68-35(8)53(40,67)11-3/h14-16,18-19,24,26,31,42,44,67H,8-13,17,20-23,25,27-30H2,1-7H3,(H,55,62)(H,56,63)(H,57,66)(H,58,65)(H,59,64)/b32-24+. The van der Waals surface area contributed by atoms with Gasteiger partial charge < -0.3 is 36.4 Å². The van der Waals surface area contributed by atoms with E-state index in [0.29, 0.717) is 59.2 Å². The second-order valence-electron chi connectivity index (χ2n) is 18.2. The molecule has 5 amide bonds. The van der Waals surface area contributed by atoms with Crippen molar-refractivity contribution in [2.75, 3.05) is 26.2 Å². The molecule has 0 spiro atoms. The summed E-state index contributed by atoms with van der Waals surface area (Å²) in [6.45, 7) is 15.8. The van der Waals surface area contributed by atoms with Crippen molar-refractivity contribution in [1.29, 1.82) is 0 Å². The molecular formula is C53H69FN6O8. The third kappa shape index (κ3) is 13.1. The lowest BCUT2D eigenvalue weighted by atomic mass is 9.78. The van der Waals surface area contributed by atoms with Gasteiger partial charge in [0.05, 0.1) is 36.9 Å². The first-order valence-corrected chi connectivity index (χ1v) is 24.0. The maximum atomic E-state index is 15.7. The summed E-state index contributed by atoms with van der Waals surface area (Å²) < 4.78 is 21.4. The highest BCUT2D eigenvalue weighted by Gasteiger charge is 2.41. The van der Waals surface area contributed by atoms with E-state index in [1.165, 1.54) is 13.0 Å². The van der Waals surface area contributed by atoms with Crippen molar-refractivity contribution >= 4 is 51.8 Å². The van der Waals surface area contributed by atoms with Crippen molar-refractivity contribution < 1.29 is 43.0 Å². The zero-order valence-electron chi connectivity index (χ0n) is 40.7. The van der Waals surface area contributed by atoms with Crippen molar-refractivity contribution in [3.05, 3.63) is 105 Å². The van der Waals surface area contributed by atoms with Crippen LogP contribution in [0.1, 0.15) is 132 Å². The third-order valence-electron chi connectivity index (χ3n) is 13.2. The predicted molar refractivity (Wildman–Crippen MR) is 260 cm³/mol. The summed E-state index contributed by atoms with van der Waals surface area (Å²) in [4.78, 5) is 83.5. The molecule has 14 nitrogen and oxygen atoms in total. The average molecular weight is 937 g/mol. The summed E-state index contributed by atoms with van der Waals surface area (Å²) >= 11 is 0. The van der Waals surface area contributed by atoms with Crippen LogP contribution in [-0.2, 0) is 52.8 Å². The Morgan fingerprint density at radius 2 is 1.63 bits per heavy atom. The molecule has 2 aliphatic rings. The number of unbranched alkanes of at least 4 members (excludes halogenated alkanes) is 3. The summed E-state index contributed by atoms with van der Waals surface area (Å²) in [5.74, 6) is -2.92. The number of pyridine rings is 1. The Morgan fingerprint density at radius 3 is 2.31 bits per heavy atom. The minimum Gasteiger partial charge on any atom is -0.490 e. The van der Waals surface area contributed by atoms with Gasteiger partial charge in [-0.1, -0.05) is 96.4 Å². The lowest BCUT2D eigenvalue weighted by molar-refractivity contribution is -0.131. The molecule has 0 bridgehead atoms. The molecule has 0 radical (unpaired) electrons. The van der Waals surface area contributed by atoms with Crippen molar-refractivity contribution in [3.63, 3.8) is 0 Å². The van der Waals surface area contributed by atoms with Crippen LogP contribution in [0.2, 0.25) is 0 Å². The number of benzene rings is 2. The topological polar surface area (TPSA) is 205 Å². The number of aryl methyl sites for hydroxylation is 1. The highest BCUT2D eigenvalue weighted by atomic mass is 19.1. The summed E-state index contributed by atoms with van der Waals surface area (Å²) in [7, 11) is 0. The first-order chi connectivity index (χ1) is 32.4. The largest absolute Gasteiger partial charge is 0.490 e. The number of ether oxygens (including phenoxy) is 1. The van der Waals surface area contributed by atoms with Crippen LogP contribution in [0.4, 0.5) is 4.39 Å². The van der Waals surface area contributed by atoms with Crippen LogP contribution in [0.5, 0.6) is 0 Å². The fourth-order valence-electron chi connectivity index (χ4n) is 8.93. The lowest BCUT2D eigenvalue weighted by Gasteiger charge is -2.36. The van der Waals surface area contributed by atoms with E-state index in [2.05, 4.69) is 53.9 Å². The molecule has 6 N–H and O–H groups in total. The van der Waals surface area contributed by atoms with Crippen LogP contribution < -0.4 is 26.6 Å². The molecule has 4 atom stereocenters. The Labute approximate surface area is 399 Å². The zero-order chi connectivity index (χ0) is 49.7. The minimum absolute atomic E-state index is 0.0524. The van der Waals surface area contributed by atoms with Gasteiger partial charge in [0.2, 0.25) is 29.5 Å². The number of Topliss-reactive ketones (excluding diaryl/α,β-unsaturated/α-hetero) is 1. The number of amides is 5. The Bertz CT molecular complexity index is 2470. The molecule has 2 aromatic carbocycles. The molecule has 0 fully saturated rings. The van der Waals surface area contributed by atoms with E-state index < -0.39 is 60.2 Å². The van der Waals surface area contributed by atoms with E-state index in [0.717, 1.165) is 59.7 Å². The molecular weight excluding hydrogens is 868 g/mol. The van der Waals surface area contributed by atoms with Gasteiger partial charge in [0.1, 0.15) is 29.8 Å². The summed E-state index contributed by atoms with van der Waals surface area (Å²) in [6, 6.07) is 8.79. The molecule has 3 aromatic rings. The highest BCUT2D eigenvalue weighted by molar-refractivity contribution is 5.97. The normalized spacial score (nSPS) is 17.8. The Kier molecular flexibility index (Phi) is 18.8. The molecule has 366 valence electrons. The Hall–Kier alpha value is -6.22. The number of hydrogen-bond acceptors (Lipinski definition) is 9. The molecule has 0 saturated carbocycles. The number of aromatic nitrogens is 1. The van der Waals surface area contributed by atoms with E-state index in [1.807, 2.05) is 13.0 Å². The first kappa shape index (κ1) is 52.7.